The minimum absolute atomic E-state index is 0.0160. The predicted molar refractivity (Wildman–Crippen MR) is 106 cm³/mol. The van der Waals surface area contributed by atoms with Crippen molar-refractivity contribution in [1.29, 1.82) is 0 Å². The molecule has 0 N–H and O–H groups in total. The summed E-state index contributed by atoms with van der Waals surface area (Å²) in [7, 11) is 0. The third kappa shape index (κ3) is 2.39. The van der Waals surface area contributed by atoms with E-state index in [0.29, 0.717) is 30.6 Å². The summed E-state index contributed by atoms with van der Waals surface area (Å²) in [5.41, 5.74) is 1.15. The molecule has 0 bridgehead atoms. The fourth-order valence-corrected chi connectivity index (χ4v) is 7.48. The zero-order valence-electron chi connectivity index (χ0n) is 17.8. The Morgan fingerprint density at radius 3 is 2.39 bits per heavy atom. The van der Waals surface area contributed by atoms with Crippen LogP contribution in [-0.4, -0.2) is 23.1 Å². The Morgan fingerprint density at radius 1 is 1.07 bits per heavy atom. The lowest BCUT2D eigenvalue weighted by molar-refractivity contribution is -0.185. The van der Waals surface area contributed by atoms with Gasteiger partial charge in [0, 0.05) is 18.8 Å². The molecule has 0 radical (unpaired) electrons. The minimum Gasteiger partial charge on any atom is -0.451 e. The van der Waals surface area contributed by atoms with Crippen LogP contribution in [0.25, 0.3) is 0 Å². The summed E-state index contributed by atoms with van der Waals surface area (Å²) in [4.78, 5) is 36.8. The van der Waals surface area contributed by atoms with Crippen LogP contribution in [0.3, 0.4) is 0 Å². The van der Waals surface area contributed by atoms with Crippen LogP contribution in [0.1, 0.15) is 73.1 Å². The molecule has 0 spiro atoms. The number of carbonyl (C=O) groups is 3. The number of fused-ring (bicyclic) bond motifs is 5. The number of esters is 1. The first-order valence-electron chi connectivity index (χ1n) is 10.7. The lowest BCUT2D eigenvalue weighted by Crippen LogP contribution is -2.58. The number of ether oxygens (including phenoxy) is 1. The molecule has 0 saturated heterocycles. The zero-order valence-corrected chi connectivity index (χ0v) is 17.8. The monoisotopic (exact) mass is 384 g/mol. The molecule has 2 fully saturated rings. The van der Waals surface area contributed by atoms with Crippen LogP contribution in [0.2, 0.25) is 0 Å². The van der Waals surface area contributed by atoms with Gasteiger partial charge in [-0.1, -0.05) is 25.5 Å². The molecule has 152 valence electrons. The first-order chi connectivity index (χ1) is 13.0. The molecule has 0 unspecified atom stereocenters. The maximum absolute atomic E-state index is 12.8. The fourth-order valence-electron chi connectivity index (χ4n) is 7.48. The van der Waals surface area contributed by atoms with Gasteiger partial charge in [-0.3, -0.25) is 14.4 Å². The maximum Gasteiger partial charge on any atom is 0.303 e. The Hall–Kier alpha value is -1.71. The molecule has 28 heavy (non-hydrogen) atoms. The van der Waals surface area contributed by atoms with E-state index >= 15 is 0 Å². The van der Waals surface area contributed by atoms with Gasteiger partial charge in [0.05, 0.1) is 0 Å². The Labute approximate surface area is 167 Å². The van der Waals surface area contributed by atoms with Crippen molar-refractivity contribution >= 4 is 17.5 Å². The Morgan fingerprint density at radius 2 is 1.75 bits per heavy atom. The van der Waals surface area contributed by atoms with E-state index in [9.17, 15) is 14.4 Å². The highest BCUT2D eigenvalue weighted by Crippen LogP contribution is 2.67. The molecule has 0 aromatic rings. The summed E-state index contributed by atoms with van der Waals surface area (Å²) in [6.07, 6.45) is 9.20. The molecule has 0 amide bonds. The summed E-state index contributed by atoms with van der Waals surface area (Å²) in [5.74, 6) is 1.03. The molecule has 4 rings (SSSR count). The van der Waals surface area contributed by atoms with Gasteiger partial charge < -0.3 is 4.74 Å². The van der Waals surface area contributed by atoms with Gasteiger partial charge in [0.2, 0.25) is 0 Å². The van der Waals surface area contributed by atoms with Crippen LogP contribution < -0.4 is 0 Å². The van der Waals surface area contributed by atoms with Crippen LogP contribution in [0, 0.1) is 28.6 Å². The lowest BCUT2D eigenvalue weighted by atomic mass is 9.47. The quantitative estimate of drug-likeness (QED) is 0.654. The summed E-state index contributed by atoms with van der Waals surface area (Å²) in [6, 6.07) is 0. The Bertz CT molecular complexity index is 820. The standard InChI is InChI=1S/C24H32O4/c1-14-12-18-19(22(4)9-6-17(27)13-21(14)22)7-10-23(5)20(18)8-11-24(23,15(2)25)28-16(3)26/h12-13,18-20H,6-11H2,1-5H3/t18-,19+,20-,22+,23-,24+/m1/s1. The molecule has 0 aromatic carbocycles. The lowest BCUT2D eigenvalue weighted by Gasteiger charge is -2.58. The number of allylic oxidation sites excluding steroid dienone is 4. The highest BCUT2D eigenvalue weighted by Gasteiger charge is 2.67. The molecule has 4 nitrogen and oxygen atoms in total. The predicted octanol–water partition coefficient (Wildman–Crippen LogP) is 4.58. The smallest absolute Gasteiger partial charge is 0.303 e. The van der Waals surface area contributed by atoms with E-state index in [4.69, 9.17) is 4.74 Å². The molecule has 0 aromatic heterocycles. The van der Waals surface area contributed by atoms with Gasteiger partial charge >= 0.3 is 5.97 Å². The largest absolute Gasteiger partial charge is 0.451 e. The second kappa shape index (κ2) is 6.14. The SMILES string of the molecule is CC(=O)O[C@]1(C(C)=O)CC[C@@H]2[C@@H]3C=C(C)C4=CC(=O)CC[C@@]4(C)[C@H]3CC[C@]21C. The van der Waals surface area contributed by atoms with Crippen LogP contribution in [0.5, 0.6) is 0 Å². The molecule has 4 heteroatoms. The first-order valence-corrected chi connectivity index (χ1v) is 10.7. The van der Waals surface area contributed by atoms with Crippen molar-refractivity contribution in [3.63, 3.8) is 0 Å². The van der Waals surface area contributed by atoms with Crippen molar-refractivity contribution in [1.82, 2.24) is 0 Å². The Balaban J connectivity index is 1.79. The summed E-state index contributed by atoms with van der Waals surface area (Å²) in [6.45, 7) is 9.63. The van der Waals surface area contributed by atoms with E-state index in [1.54, 1.807) is 6.92 Å². The van der Waals surface area contributed by atoms with E-state index < -0.39 is 5.60 Å². The number of ketones is 2. The van der Waals surface area contributed by atoms with Gasteiger partial charge in [0.25, 0.3) is 0 Å². The fraction of sp³-hybridized carbons (Fsp3) is 0.708. The average molecular weight is 385 g/mol. The molecular formula is C24H32O4. The van der Waals surface area contributed by atoms with E-state index in [-0.39, 0.29) is 28.4 Å². The third-order valence-electron chi connectivity index (χ3n) is 8.84. The van der Waals surface area contributed by atoms with Gasteiger partial charge in [0.15, 0.2) is 17.2 Å². The van der Waals surface area contributed by atoms with E-state index in [0.717, 1.165) is 25.7 Å². The van der Waals surface area contributed by atoms with Crippen LogP contribution in [-0.2, 0) is 19.1 Å². The summed E-state index contributed by atoms with van der Waals surface area (Å²) < 4.78 is 5.82. The average Bonchev–Trinajstić information content (AvgIpc) is 2.90. The van der Waals surface area contributed by atoms with Crippen molar-refractivity contribution in [3.05, 3.63) is 23.3 Å². The molecule has 4 aliphatic carbocycles. The van der Waals surface area contributed by atoms with E-state index in [1.807, 2.05) is 6.08 Å². The van der Waals surface area contributed by atoms with Crippen molar-refractivity contribution < 1.29 is 19.1 Å². The first kappa shape index (κ1) is 19.6. The Kier molecular flexibility index (Phi) is 4.30. The summed E-state index contributed by atoms with van der Waals surface area (Å²) in [5, 5.41) is 0. The highest BCUT2D eigenvalue weighted by atomic mass is 16.6. The highest BCUT2D eigenvalue weighted by molar-refractivity contribution is 5.92. The zero-order chi connectivity index (χ0) is 20.5. The summed E-state index contributed by atoms with van der Waals surface area (Å²) >= 11 is 0. The number of hydrogen-bond donors (Lipinski definition) is 0. The number of rotatable bonds is 2. The van der Waals surface area contributed by atoms with Crippen LogP contribution in [0.15, 0.2) is 23.3 Å². The topological polar surface area (TPSA) is 60.4 Å². The number of carbonyl (C=O) groups excluding carboxylic acids is 3. The molecule has 6 atom stereocenters. The van der Waals surface area contributed by atoms with Crippen LogP contribution in [0.4, 0.5) is 0 Å². The van der Waals surface area contributed by atoms with Gasteiger partial charge in [0.1, 0.15) is 0 Å². The maximum atomic E-state index is 12.8. The molecular weight excluding hydrogens is 352 g/mol. The normalized spacial score (nSPS) is 44.6. The molecule has 0 heterocycles. The van der Waals surface area contributed by atoms with Crippen LogP contribution >= 0.6 is 0 Å². The van der Waals surface area contributed by atoms with Gasteiger partial charge in [-0.25, -0.2) is 0 Å². The van der Waals surface area contributed by atoms with Crippen molar-refractivity contribution in [2.45, 2.75) is 78.7 Å². The van der Waals surface area contributed by atoms with Gasteiger partial charge in [-0.15, -0.1) is 0 Å². The van der Waals surface area contributed by atoms with Crippen molar-refractivity contribution in [2.75, 3.05) is 0 Å². The molecule has 2 saturated carbocycles. The third-order valence-corrected chi connectivity index (χ3v) is 8.84. The van der Waals surface area contributed by atoms with E-state index in [2.05, 4.69) is 26.8 Å². The van der Waals surface area contributed by atoms with Crippen molar-refractivity contribution in [2.24, 2.45) is 28.6 Å². The van der Waals surface area contributed by atoms with Crippen molar-refractivity contribution in [3.8, 4) is 0 Å². The van der Waals surface area contributed by atoms with Gasteiger partial charge in [-0.05, 0) is 80.8 Å². The second-order valence-electron chi connectivity index (χ2n) is 10.1. The second-order valence-corrected chi connectivity index (χ2v) is 10.1. The minimum atomic E-state index is -0.990. The molecule has 0 aliphatic heterocycles. The van der Waals surface area contributed by atoms with Gasteiger partial charge in [-0.2, -0.15) is 0 Å². The number of Topliss-reactive ketones (excluding diaryl/α,β-unsaturated/α-hetero) is 1. The van der Waals surface area contributed by atoms with E-state index in [1.165, 1.54) is 18.1 Å². The molecule has 4 aliphatic rings. The number of hydrogen-bond acceptors (Lipinski definition) is 4.